The largest absolute Gasteiger partial charge is 0.468 e. The number of nitro benzene ring substituents is 1. The summed E-state index contributed by atoms with van der Waals surface area (Å²) in [4.78, 5) is 21.2. The van der Waals surface area contributed by atoms with Gasteiger partial charge >= 0.3 is 5.97 Å². The number of carbonyl (C=O) groups is 1. The van der Waals surface area contributed by atoms with Gasteiger partial charge in [0, 0.05) is 6.07 Å². The van der Waals surface area contributed by atoms with E-state index in [1.54, 1.807) is 13.8 Å². The SMILES string of the molecule is COC(=O)C(NS(=O)(=O)c1ccccc1[N+](=O)[O-])C(C)C. The highest BCUT2D eigenvalue weighted by molar-refractivity contribution is 7.89. The van der Waals surface area contributed by atoms with Crippen LogP contribution in [0.4, 0.5) is 5.69 Å². The molecule has 116 valence electrons. The Labute approximate surface area is 122 Å². The minimum absolute atomic E-state index is 0.380. The normalized spacial score (nSPS) is 13.0. The van der Waals surface area contributed by atoms with Gasteiger partial charge in [-0.05, 0) is 12.0 Å². The zero-order valence-corrected chi connectivity index (χ0v) is 12.6. The van der Waals surface area contributed by atoms with Crippen LogP contribution in [-0.2, 0) is 19.6 Å². The van der Waals surface area contributed by atoms with Crippen LogP contribution in [-0.4, -0.2) is 32.5 Å². The minimum Gasteiger partial charge on any atom is -0.468 e. The number of nitro groups is 1. The van der Waals surface area contributed by atoms with E-state index in [2.05, 4.69) is 9.46 Å². The molecule has 1 atom stereocenters. The average molecular weight is 316 g/mol. The first kappa shape index (κ1) is 17.1. The van der Waals surface area contributed by atoms with E-state index in [0.29, 0.717) is 0 Å². The zero-order chi connectivity index (χ0) is 16.2. The first-order valence-electron chi connectivity index (χ1n) is 6.04. The molecule has 0 aliphatic rings. The Morgan fingerprint density at radius 2 is 1.90 bits per heavy atom. The van der Waals surface area contributed by atoms with E-state index in [-0.39, 0.29) is 5.92 Å². The van der Waals surface area contributed by atoms with Gasteiger partial charge in [0.2, 0.25) is 10.0 Å². The summed E-state index contributed by atoms with van der Waals surface area (Å²) in [7, 11) is -3.09. The Bertz CT molecular complexity index is 641. The van der Waals surface area contributed by atoms with Crippen molar-refractivity contribution in [2.24, 2.45) is 5.92 Å². The highest BCUT2D eigenvalue weighted by Gasteiger charge is 2.32. The number of benzene rings is 1. The summed E-state index contributed by atoms with van der Waals surface area (Å²) in [6.45, 7) is 3.26. The summed E-state index contributed by atoms with van der Waals surface area (Å²) in [5.74, 6) is -1.14. The molecule has 0 amide bonds. The first-order chi connectivity index (χ1) is 9.70. The molecule has 1 rings (SSSR count). The molecule has 1 aromatic rings. The monoisotopic (exact) mass is 316 g/mol. The molecule has 1 unspecified atom stereocenters. The molecule has 0 aliphatic carbocycles. The van der Waals surface area contributed by atoms with Gasteiger partial charge in [-0.2, -0.15) is 4.72 Å². The van der Waals surface area contributed by atoms with Crippen molar-refractivity contribution >= 4 is 21.7 Å². The fourth-order valence-corrected chi connectivity index (χ4v) is 3.15. The van der Waals surface area contributed by atoms with Crippen molar-refractivity contribution in [3.05, 3.63) is 34.4 Å². The molecule has 21 heavy (non-hydrogen) atoms. The maximum atomic E-state index is 12.3. The molecule has 8 nitrogen and oxygen atoms in total. The summed E-state index contributed by atoms with van der Waals surface area (Å²) < 4.78 is 31.2. The van der Waals surface area contributed by atoms with Crippen LogP contribution in [0.2, 0.25) is 0 Å². The molecule has 1 N–H and O–H groups in total. The van der Waals surface area contributed by atoms with Gasteiger partial charge in [0.25, 0.3) is 5.69 Å². The maximum absolute atomic E-state index is 12.3. The van der Waals surface area contributed by atoms with Gasteiger partial charge in [0.15, 0.2) is 4.90 Å². The van der Waals surface area contributed by atoms with Crippen LogP contribution in [0.1, 0.15) is 13.8 Å². The van der Waals surface area contributed by atoms with E-state index in [1.807, 2.05) is 0 Å². The van der Waals surface area contributed by atoms with Crippen molar-refractivity contribution in [3.63, 3.8) is 0 Å². The van der Waals surface area contributed by atoms with Gasteiger partial charge in [-0.3, -0.25) is 14.9 Å². The Balaban J connectivity index is 3.23. The van der Waals surface area contributed by atoms with Crippen LogP contribution >= 0.6 is 0 Å². The number of hydrogen-bond acceptors (Lipinski definition) is 6. The number of sulfonamides is 1. The third kappa shape index (κ3) is 3.99. The van der Waals surface area contributed by atoms with Gasteiger partial charge in [0.05, 0.1) is 12.0 Å². The van der Waals surface area contributed by atoms with Gasteiger partial charge in [-0.15, -0.1) is 0 Å². The quantitative estimate of drug-likeness (QED) is 0.477. The zero-order valence-electron chi connectivity index (χ0n) is 11.8. The molecule has 0 fully saturated rings. The molecule has 0 spiro atoms. The van der Waals surface area contributed by atoms with Gasteiger partial charge in [0.1, 0.15) is 6.04 Å². The van der Waals surface area contributed by atoms with Crippen molar-refractivity contribution in [3.8, 4) is 0 Å². The third-order valence-corrected chi connectivity index (χ3v) is 4.24. The van der Waals surface area contributed by atoms with Crippen molar-refractivity contribution in [2.45, 2.75) is 24.8 Å². The van der Waals surface area contributed by atoms with E-state index < -0.39 is 37.5 Å². The number of hydrogen-bond donors (Lipinski definition) is 1. The number of nitrogens with zero attached hydrogens (tertiary/aromatic N) is 1. The second-order valence-corrected chi connectivity index (χ2v) is 6.27. The summed E-state index contributed by atoms with van der Waals surface area (Å²) in [5.41, 5.74) is -0.558. The molecule has 0 radical (unpaired) electrons. The lowest BCUT2D eigenvalue weighted by Gasteiger charge is -2.19. The van der Waals surface area contributed by atoms with Crippen LogP contribution < -0.4 is 4.72 Å². The lowest BCUT2D eigenvalue weighted by Crippen LogP contribution is -2.45. The number of para-hydroxylation sites is 1. The van der Waals surface area contributed by atoms with Crippen LogP contribution in [0.3, 0.4) is 0 Å². The van der Waals surface area contributed by atoms with E-state index in [4.69, 9.17) is 0 Å². The number of methoxy groups -OCH3 is 1. The number of carbonyl (C=O) groups excluding carboxylic acids is 1. The highest BCUT2D eigenvalue weighted by atomic mass is 32.2. The Morgan fingerprint density at radius 3 is 2.38 bits per heavy atom. The summed E-state index contributed by atoms with van der Waals surface area (Å²) in [6.07, 6.45) is 0. The molecule has 0 aliphatic heterocycles. The Kier molecular flexibility index (Phi) is 5.39. The van der Waals surface area contributed by atoms with Gasteiger partial charge in [-0.1, -0.05) is 26.0 Å². The maximum Gasteiger partial charge on any atom is 0.324 e. The topological polar surface area (TPSA) is 116 Å². The second kappa shape index (κ2) is 6.64. The van der Waals surface area contributed by atoms with E-state index in [9.17, 15) is 23.3 Å². The lowest BCUT2D eigenvalue weighted by molar-refractivity contribution is -0.387. The van der Waals surface area contributed by atoms with Crippen molar-refractivity contribution in [1.82, 2.24) is 4.72 Å². The van der Waals surface area contributed by atoms with E-state index in [1.165, 1.54) is 12.1 Å². The second-order valence-electron chi connectivity index (χ2n) is 4.59. The molecule has 0 aromatic heterocycles. The minimum atomic E-state index is -4.23. The Hall–Kier alpha value is -2.00. The summed E-state index contributed by atoms with van der Waals surface area (Å²) >= 11 is 0. The molecule has 0 heterocycles. The Morgan fingerprint density at radius 1 is 1.33 bits per heavy atom. The predicted octanol–water partition coefficient (Wildman–Crippen LogP) is 1.07. The van der Waals surface area contributed by atoms with Gasteiger partial charge < -0.3 is 4.74 Å². The number of esters is 1. The fourth-order valence-electron chi connectivity index (χ4n) is 1.65. The van der Waals surface area contributed by atoms with Crippen molar-refractivity contribution in [2.75, 3.05) is 7.11 Å². The van der Waals surface area contributed by atoms with E-state index in [0.717, 1.165) is 19.2 Å². The number of nitrogens with one attached hydrogen (secondary N) is 1. The fraction of sp³-hybridized carbons (Fsp3) is 0.417. The third-order valence-electron chi connectivity index (χ3n) is 2.76. The molecule has 0 saturated carbocycles. The number of rotatable bonds is 6. The molecular weight excluding hydrogens is 300 g/mol. The first-order valence-corrected chi connectivity index (χ1v) is 7.52. The predicted molar refractivity (Wildman–Crippen MR) is 74.1 cm³/mol. The van der Waals surface area contributed by atoms with Crippen LogP contribution in [0.25, 0.3) is 0 Å². The van der Waals surface area contributed by atoms with Crippen LogP contribution in [0.5, 0.6) is 0 Å². The molecule has 9 heteroatoms. The smallest absolute Gasteiger partial charge is 0.324 e. The summed E-state index contributed by atoms with van der Waals surface area (Å²) in [5, 5.41) is 10.9. The standard InChI is InChI=1S/C12H16N2O6S/c1-8(2)11(12(15)20-3)13-21(18,19)10-7-5-4-6-9(10)14(16)17/h4-8,11,13H,1-3H3. The van der Waals surface area contributed by atoms with Crippen molar-refractivity contribution in [1.29, 1.82) is 0 Å². The van der Waals surface area contributed by atoms with E-state index >= 15 is 0 Å². The molecule has 0 saturated heterocycles. The molecule has 1 aromatic carbocycles. The summed E-state index contributed by atoms with van der Waals surface area (Å²) in [6, 6.07) is 3.79. The van der Waals surface area contributed by atoms with Crippen LogP contribution in [0.15, 0.2) is 29.2 Å². The molecule has 0 bridgehead atoms. The van der Waals surface area contributed by atoms with Crippen LogP contribution in [0, 0.1) is 16.0 Å². The lowest BCUT2D eigenvalue weighted by atomic mass is 10.1. The average Bonchev–Trinajstić information content (AvgIpc) is 2.43. The number of ether oxygens (including phenoxy) is 1. The molecular formula is C12H16N2O6S. The van der Waals surface area contributed by atoms with Crippen molar-refractivity contribution < 1.29 is 22.9 Å². The van der Waals surface area contributed by atoms with Gasteiger partial charge in [-0.25, -0.2) is 8.42 Å². The highest BCUT2D eigenvalue weighted by Crippen LogP contribution is 2.23.